The monoisotopic (exact) mass is 263 g/mol. The third-order valence-corrected chi connectivity index (χ3v) is 3.88. The average Bonchev–Trinajstić information content (AvgIpc) is 2.78. The van der Waals surface area contributed by atoms with Gasteiger partial charge in [0.05, 0.1) is 11.2 Å². The van der Waals surface area contributed by atoms with E-state index in [-0.39, 0.29) is 11.7 Å². The van der Waals surface area contributed by atoms with Crippen molar-refractivity contribution >= 4 is 5.91 Å². The van der Waals surface area contributed by atoms with E-state index in [4.69, 9.17) is 0 Å². The molecule has 4 nitrogen and oxygen atoms in total. The quantitative estimate of drug-likeness (QED) is 0.877. The average molecular weight is 263 g/mol. The molecule has 2 N–H and O–H groups in total. The summed E-state index contributed by atoms with van der Waals surface area (Å²) in [7, 11) is 1.67. The van der Waals surface area contributed by atoms with Gasteiger partial charge in [0.25, 0.3) is 5.91 Å². The van der Waals surface area contributed by atoms with E-state index in [0.717, 1.165) is 25.7 Å². The highest BCUT2D eigenvalue weighted by Crippen LogP contribution is 2.31. The van der Waals surface area contributed by atoms with E-state index in [1.54, 1.807) is 32.2 Å². The first kappa shape index (κ1) is 13.9. The maximum absolute atomic E-state index is 12.3. The molecule has 0 atom stereocenters. The van der Waals surface area contributed by atoms with Gasteiger partial charge in [0.15, 0.2) is 0 Å². The molecule has 104 valence electrons. The zero-order valence-electron chi connectivity index (χ0n) is 11.5. The van der Waals surface area contributed by atoms with Crippen LogP contribution in [0.3, 0.4) is 0 Å². The number of aliphatic hydroxyl groups is 1. The van der Waals surface area contributed by atoms with E-state index >= 15 is 0 Å². The standard InChI is InChI=1S/C15H21NO3/c1-11-6-5-7-12(13(11)17)14(18)16(2)10-15(19)8-3-4-9-15/h5-7,17,19H,3-4,8-10H2,1-2H3. The minimum absolute atomic E-state index is 0.0257. The first-order chi connectivity index (χ1) is 8.93. The Bertz CT molecular complexity index is 478. The molecular formula is C15H21NO3. The minimum atomic E-state index is -0.760. The van der Waals surface area contributed by atoms with Crippen molar-refractivity contribution in [2.75, 3.05) is 13.6 Å². The van der Waals surface area contributed by atoms with Crippen molar-refractivity contribution < 1.29 is 15.0 Å². The first-order valence-electron chi connectivity index (χ1n) is 6.69. The van der Waals surface area contributed by atoms with Crippen molar-refractivity contribution in [1.82, 2.24) is 4.90 Å². The number of benzene rings is 1. The Labute approximate surface area is 113 Å². The molecule has 0 aliphatic heterocycles. The normalized spacial score (nSPS) is 17.4. The third-order valence-electron chi connectivity index (χ3n) is 3.88. The van der Waals surface area contributed by atoms with Crippen molar-refractivity contribution in [3.05, 3.63) is 29.3 Å². The highest BCUT2D eigenvalue weighted by atomic mass is 16.3. The van der Waals surface area contributed by atoms with Crippen LogP contribution in [0.25, 0.3) is 0 Å². The van der Waals surface area contributed by atoms with Gasteiger partial charge in [0.1, 0.15) is 5.75 Å². The maximum atomic E-state index is 12.3. The van der Waals surface area contributed by atoms with Gasteiger partial charge in [-0.1, -0.05) is 25.0 Å². The van der Waals surface area contributed by atoms with Crippen LogP contribution in [0.1, 0.15) is 41.6 Å². The highest BCUT2D eigenvalue weighted by Gasteiger charge is 2.34. The molecular weight excluding hydrogens is 242 g/mol. The minimum Gasteiger partial charge on any atom is -0.507 e. The largest absolute Gasteiger partial charge is 0.507 e. The number of aryl methyl sites for hydroxylation is 1. The van der Waals surface area contributed by atoms with Gasteiger partial charge in [-0.25, -0.2) is 0 Å². The molecule has 1 aromatic rings. The van der Waals surface area contributed by atoms with Crippen LogP contribution in [-0.4, -0.2) is 40.2 Å². The predicted octanol–water partition coefficient (Wildman–Crippen LogP) is 2.08. The zero-order valence-corrected chi connectivity index (χ0v) is 11.5. The Hall–Kier alpha value is -1.55. The summed E-state index contributed by atoms with van der Waals surface area (Å²) in [5.41, 5.74) is 0.215. The van der Waals surface area contributed by atoms with E-state index in [0.29, 0.717) is 17.7 Å². The molecule has 19 heavy (non-hydrogen) atoms. The van der Waals surface area contributed by atoms with Crippen LogP contribution >= 0.6 is 0 Å². The van der Waals surface area contributed by atoms with Crippen LogP contribution in [0.2, 0.25) is 0 Å². The van der Waals surface area contributed by atoms with E-state index in [1.165, 1.54) is 4.90 Å². The number of aromatic hydroxyl groups is 1. The van der Waals surface area contributed by atoms with Gasteiger partial charge in [-0.15, -0.1) is 0 Å². The van der Waals surface area contributed by atoms with Gasteiger partial charge in [-0.3, -0.25) is 4.79 Å². The highest BCUT2D eigenvalue weighted by molar-refractivity contribution is 5.97. The van der Waals surface area contributed by atoms with Gasteiger partial charge in [0, 0.05) is 13.6 Å². The summed E-state index contributed by atoms with van der Waals surface area (Å²) in [5, 5.41) is 20.3. The molecule has 1 aromatic carbocycles. The van der Waals surface area contributed by atoms with Crippen molar-refractivity contribution in [2.24, 2.45) is 0 Å². The molecule has 0 unspecified atom stereocenters. The van der Waals surface area contributed by atoms with Crippen molar-refractivity contribution in [3.8, 4) is 5.75 Å². The van der Waals surface area contributed by atoms with E-state index in [9.17, 15) is 15.0 Å². The topological polar surface area (TPSA) is 60.8 Å². The summed E-state index contributed by atoms with van der Waals surface area (Å²) >= 11 is 0. The summed E-state index contributed by atoms with van der Waals surface area (Å²) in [6, 6.07) is 5.12. The maximum Gasteiger partial charge on any atom is 0.257 e. The molecule has 1 aliphatic carbocycles. The molecule has 1 fully saturated rings. The second kappa shape index (κ2) is 5.21. The smallest absolute Gasteiger partial charge is 0.257 e. The number of carbonyl (C=O) groups excluding carboxylic acids is 1. The number of hydrogen-bond donors (Lipinski definition) is 2. The van der Waals surface area contributed by atoms with Crippen molar-refractivity contribution in [1.29, 1.82) is 0 Å². The number of rotatable bonds is 3. The predicted molar refractivity (Wildman–Crippen MR) is 73.2 cm³/mol. The van der Waals surface area contributed by atoms with Crippen molar-refractivity contribution in [3.63, 3.8) is 0 Å². The van der Waals surface area contributed by atoms with Crippen LogP contribution in [0.15, 0.2) is 18.2 Å². The number of carbonyl (C=O) groups is 1. The van der Waals surface area contributed by atoms with Crippen molar-refractivity contribution in [2.45, 2.75) is 38.2 Å². The molecule has 2 rings (SSSR count). The summed E-state index contributed by atoms with van der Waals surface area (Å²) in [6.07, 6.45) is 3.50. The van der Waals surface area contributed by atoms with Gasteiger partial charge >= 0.3 is 0 Å². The molecule has 0 radical (unpaired) electrons. The zero-order chi connectivity index (χ0) is 14.0. The fourth-order valence-electron chi connectivity index (χ4n) is 2.74. The summed E-state index contributed by atoms with van der Waals surface area (Å²) in [6.45, 7) is 2.08. The molecule has 0 bridgehead atoms. The van der Waals surface area contributed by atoms with Gasteiger partial charge < -0.3 is 15.1 Å². The molecule has 0 saturated heterocycles. The van der Waals surface area contributed by atoms with Gasteiger partial charge in [-0.2, -0.15) is 0 Å². The molecule has 0 spiro atoms. The van der Waals surface area contributed by atoms with Gasteiger partial charge in [-0.05, 0) is 31.4 Å². The Balaban J connectivity index is 2.12. The Morgan fingerprint density at radius 1 is 1.37 bits per heavy atom. The lowest BCUT2D eigenvalue weighted by Gasteiger charge is -2.28. The Kier molecular flexibility index (Phi) is 3.80. The Morgan fingerprint density at radius 3 is 2.63 bits per heavy atom. The first-order valence-corrected chi connectivity index (χ1v) is 6.69. The molecule has 1 amide bonds. The Morgan fingerprint density at radius 2 is 2.00 bits per heavy atom. The number of para-hydroxylation sites is 1. The van der Waals surface area contributed by atoms with Crippen LogP contribution in [-0.2, 0) is 0 Å². The number of amides is 1. The lowest BCUT2D eigenvalue weighted by atomic mass is 10.0. The number of hydrogen-bond acceptors (Lipinski definition) is 3. The molecule has 0 heterocycles. The van der Waals surface area contributed by atoms with Crippen LogP contribution in [0.4, 0.5) is 0 Å². The molecule has 1 aliphatic rings. The third kappa shape index (κ3) is 2.89. The molecule has 0 aromatic heterocycles. The second-order valence-electron chi connectivity index (χ2n) is 5.56. The lowest BCUT2D eigenvalue weighted by molar-refractivity contribution is 0.0155. The fourth-order valence-corrected chi connectivity index (χ4v) is 2.74. The number of phenolic OH excluding ortho intramolecular Hbond substituents is 1. The van der Waals surface area contributed by atoms with E-state index in [1.807, 2.05) is 0 Å². The summed E-state index contributed by atoms with van der Waals surface area (Å²) < 4.78 is 0. The van der Waals surface area contributed by atoms with E-state index in [2.05, 4.69) is 0 Å². The van der Waals surface area contributed by atoms with Crippen LogP contribution < -0.4 is 0 Å². The van der Waals surface area contributed by atoms with Crippen LogP contribution in [0, 0.1) is 6.92 Å². The number of nitrogens with zero attached hydrogens (tertiary/aromatic N) is 1. The summed E-state index contributed by atoms with van der Waals surface area (Å²) in [5.74, 6) is -0.223. The lowest BCUT2D eigenvalue weighted by Crippen LogP contribution is -2.42. The van der Waals surface area contributed by atoms with Gasteiger partial charge in [0.2, 0.25) is 0 Å². The molecule has 1 saturated carbocycles. The fraction of sp³-hybridized carbons (Fsp3) is 0.533. The van der Waals surface area contributed by atoms with E-state index < -0.39 is 5.60 Å². The molecule has 4 heteroatoms. The number of likely N-dealkylation sites (N-methyl/N-ethyl adjacent to an activating group) is 1. The summed E-state index contributed by atoms with van der Waals surface area (Å²) in [4.78, 5) is 13.8. The van der Waals surface area contributed by atoms with Crippen LogP contribution in [0.5, 0.6) is 5.75 Å². The second-order valence-corrected chi connectivity index (χ2v) is 5.56. The SMILES string of the molecule is Cc1cccc(C(=O)N(C)CC2(O)CCCC2)c1O. The number of phenols is 1.